The molecule has 0 aliphatic rings. The van der Waals surface area contributed by atoms with Gasteiger partial charge in [-0.3, -0.25) is 4.68 Å². The number of aromatic nitrogens is 2. The normalized spacial score (nSPS) is 11.1. The van der Waals surface area contributed by atoms with E-state index in [0.29, 0.717) is 6.54 Å². The molecule has 0 saturated carbocycles. The molecule has 1 heterocycles. The van der Waals surface area contributed by atoms with Crippen LogP contribution in [0.3, 0.4) is 0 Å². The Kier molecular flexibility index (Phi) is 2.56. The third-order valence-corrected chi connectivity index (χ3v) is 2.80. The van der Waals surface area contributed by atoms with E-state index in [1.165, 1.54) is 0 Å². The first-order chi connectivity index (χ1) is 6.76. The van der Waals surface area contributed by atoms with E-state index < -0.39 is 0 Å². The maximum absolute atomic E-state index is 5.70. The number of benzene rings is 1. The van der Waals surface area contributed by atoms with Crippen molar-refractivity contribution < 1.29 is 0 Å². The number of hydrogen-bond donors (Lipinski definition) is 1. The minimum absolute atomic E-state index is 0.534. The van der Waals surface area contributed by atoms with Crippen LogP contribution < -0.4 is 5.73 Å². The van der Waals surface area contributed by atoms with E-state index >= 15 is 0 Å². The molecule has 0 unspecified atom stereocenters. The van der Waals surface area contributed by atoms with Crippen molar-refractivity contribution in [2.45, 2.75) is 20.0 Å². The van der Waals surface area contributed by atoms with Crippen molar-refractivity contribution in [3.63, 3.8) is 0 Å². The summed E-state index contributed by atoms with van der Waals surface area (Å²) in [6, 6.07) is 6.09. The van der Waals surface area contributed by atoms with Crippen molar-refractivity contribution in [1.29, 1.82) is 0 Å². The van der Waals surface area contributed by atoms with Gasteiger partial charge >= 0.3 is 0 Å². The summed E-state index contributed by atoms with van der Waals surface area (Å²) in [5.41, 5.74) is 7.81. The summed E-state index contributed by atoms with van der Waals surface area (Å²) in [7, 11) is 0. The third-order valence-electron chi connectivity index (χ3n) is 2.30. The summed E-state index contributed by atoms with van der Waals surface area (Å²) in [6.45, 7) is 3.46. The molecule has 0 fully saturated rings. The number of nitrogens with two attached hydrogens (primary N) is 1. The van der Waals surface area contributed by atoms with Crippen molar-refractivity contribution in [1.82, 2.24) is 9.78 Å². The molecule has 4 heteroatoms. The summed E-state index contributed by atoms with van der Waals surface area (Å²) in [5.74, 6) is 0. The first-order valence-corrected chi connectivity index (χ1v) is 5.40. The fraction of sp³-hybridized carbons (Fsp3) is 0.300. The second-order valence-corrected chi connectivity index (χ2v) is 4.04. The molecule has 74 valence electrons. The van der Waals surface area contributed by atoms with Gasteiger partial charge in [-0.25, -0.2) is 0 Å². The van der Waals surface area contributed by atoms with Gasteiger partial charge < -0.3 is 5.73 Å². The molecule has 0 aliphatic carbocycles. The largest absolute Gasteiger partial charge is 0.325 e. The van der Waals surface area contributed by atoms with Crippen molar-refractivity contribution in [3.8, 4) is 0 Å². The number of hydrogen-bond acceptors (Lipinski definition) is 2. The van der Waals surface area contributed by atoms with Crippen molar-refractivity contribution in [3.05, 3.63) is 28.4 Å². The average molecular weight is 254 g/mol. The Morgan fingerprint density at radius 1 is 1.50 bits per heavy atom. The molecule has 0 bridgehead atoms. The minimum Gasteiger partial charge on any atom is -0.325 e. The highest BCUT2D eigenvalue weighted by molar-refractivity contribution is 9.10. The number of aryl methyl sites for hydroxylation is 1. The van der Waals surface area contributed by atoms with E-state index in [9.17, 15) is 0 Å². The fourth-order valence-electron chi connectivity index (χ4n) is 1.64. The zero-order valence-corrected chi connectivity index (χ0v) is 9.58. The van der Waals surface area contributed by atoms with Gasteiger partial charge in [-0.15, -0.1) is 0 Å². The number of halogens is 1. The van der Waals surface area contributed by atoms with Crippen LogP contribution in [0.15, 0.2) is 22.7 Å². The molecule has 2 rings (SSSR count). The first kappa shape index (κ1) is 9.68. The van der Waals surface area contributed by atoms with Crippen LogP contribution in [0, 0.1) is 0 Å². The lowest BCUT2D eigenvalue weighted by Gasteiger charge is -2.00. The Labute approximate surface area is 91.0 Å². The molecule has 1 aromatic heterocycles. The van der Waals surface area contributed by atoms with Crippen LogP contribution in [-0.4, -0.2) is 9.78 Å². The van der Waals surface area contributed by atoms with Gasteiger partial charge in [0.25, 0.3) is 0 Å². The van der Waals surface area contributed by atoms with Gasteiger partial charge in [-0.1, -0.05) is 15.9 Å². The summed E-state index contributed by atoms with van der Waals surface area (Å²) in [6.07, 6.45) is 0. The SMILES string of the molecule is CCn1nc2cc(Br)ccc2c1CN. The minimum atomic E-state index is 0.534. The quantitative estimate of drug-likeness (QED) is 0.893. The molecule has 2 aromatic rings. The smallest absolute Gasteiger partial charge is 0.0938 e. The van der Waals surface area contributed by atoms with Gasteiger partial charge in [0.2, 0.25) is 0 Å². The molecular formula is C10H12BrN3. The number of rotatable bonds is 2. The average Bonchev–Trinajstić information content (AvgIpc) is 2.54. The first-order valence-electron chi connectivity index (χ1n) is 4.61. The molecule has 0 amide bonds. The van der Waals surface area contributed by atoms with Gasteiger partial charge in [0.05, 0.1) is 11.2 Å². The Bertz CT molecular complexity index is 462. The molecule has 0 radical (unpaired) electrons. The zero-order valence-electron chi connectivity index (χ0n) is 8.00. The Morgan fingerprint density at radius 2 is 2.29 bits per heavy atom. The lowest BCUT2D eigenvalue weighted by atomic mass is 10.2. The van der Waals surface area contributed by atoms with Crippen molar-refractivity contribution >= 4 is 26.8 Å². The standard InChI is InChI=1S/C10H12BrN3/c1-2-14-10(6-12)8-4-3-7(11)5-9(8)13-14/h3-5H,2,6,12H2,1H3. The lowest BCUT2D eigenvalue weighted by Crippen LogP contribution is -2.07. The third kappa shape index (κ3) is 1.44. The molecule has 3 nitrogen and oxygen atoms in total. The van der Waals surface area contributed by atoms with Crippen LogP contribution in [0.4, 0.5) is 0 Å². The van der Waals surface area contributed by atoms with Crippen LogP contribution in [0.25, 0.3) is 10.9 Å². The van der Waals surface area contributed by atoms with E-state index in [1.54, 1.807) is 0 Å². The van der Waals surface area contributed by atoms with Gasteiger partial charge in [0.15, 0.2) is 0 Å². The summed E-state index contributed by atoms with van der Waals surface area (Å²) in [4.78, 5) is 0. The predicted octanol–water partition coefficient (Wildman–Crippen LogP) is 2.28. The Morgan fingerprint density at radius 3 is 2.93 bits per heavy atom. The van der Waals surface area contributed by atoms with Gasteiger partial charge in [-0.05, 0) is 25.1 Å². The monoisotopic (exact) mass is 253 g/mol. The van der Waals surface area contributed by atoms with E-state index in [0.717, 1.165) is 27.6 Å². The molecule has 0 aliphatic heterocycles. The topological polar surface area (TPSA) is 43.8 Å². The zero-order chi connectivity index (χ0) is 10.1. The van der Waals surface area contributed by atoms with Gasteiger partial charge in [0, 0.05) is 22.9 Å². The second kappa shape index (κ2) is 3.71. The molecule has 14 heavy (non-hydrogen) atoms. The summed E-state index contributed by atoms with van der Waals surface area (Å²) in [5, 5.41) is 5.62. The molecular weight excluding hydrogens is 242 g/mol. The Balaban J connectivity index is 2.73. The molecule has 0 spiro atoms. The second-order valence-electron chi connectivity index (χ2n) is 3.13. The van der Waals surface area contributed by atoms with Crippen molar-refractivity contribution in [2.75, 3.05) is 0 Å². The van der Waals surface area contributed by atoms with E-state index in [1.807, 2.05) is 16.8 Å². The molecule has 2 N–H and O–H groups in total. The Hall–Kier alpha value is -0.870. The predicted molar refractivity (Wildman–Crippen MR) is 61.0 cm³/mol. The van der Waals surface area contributed by atoms with E-state index in [4.69, 9.17) is 5.73 Å². The molecule has 1 aromatic carbocycles. The number of nitrogens with zero attached hydrogens (tertiary/aromatic N) is 2. The van der Waals surface area contributed by atoms with Crippen LogP contribution in [0.1, 0.15) is 12.6 Å². The molecule has 0 atom stereocenters. The highest BCUT2D eigenvalue weighted by Crippen LogP contribution is 2.22. The van der Waals surface area contributed by atoms with E-state index in [-0.39, 0.29) is 0 Å². The van der Waals surface area contributed by atoms with Gasteiger partial charge in [0.1, 0.15) is 0 Å². The highest BCUT2D eigenvalue weighted by atomic mass is 79.9. The van der Waals surface area contributed by atoms with Crippen LogP contribution >= 0.6 is 15.9 Å². The summed E-state index contributed by atoms with van der Waals surface area (Å²) < 4.78 is 3.01. The summed E-state index contributed by atoms with van der Waals surface area (Å²) >= 11 is 3.43. The van der Waals surface area contributed by atoms with E-state index in [2.05, 4.69) is 34.0 Å². The fourth-order valence-corrected chi connectivity index (χ4v) is 1.99. The maximum Gasteiger partial charge on any atom is 0.0938 e. The highest BCUT2D eigenvalue weighted by Gasteiger charge is 2.08. The number of fused-ring (bicyclic) bond motifs is 1. The lowest BCUT2D eigenvalue weighted by molar-refractivity contribution is 0.630. The van der Waals surface area contributed by atoms with Crippen LogP contribution in [0.2, 0.25) is 0 Å². The van der Waals surface area contributed by atoms with Crippen LogP contribution in [0.5, 0.6) is 0 Å². The molecule has 0 saturated heterocycles. The van der Waals surface area contributed by atoms with Gasteiger partial charge in [-0.2, -0.15) is 5.10 Å². The van der Waals surface area contributed by atoms with Crippen molar-refractivity contribution in [2.24, 2.45) is 5.73 Å². The van der Waals surface area contributed by atoms with Crippen LogP contribution in [-0.2, 0) is 13.1 Å². The maximum atomic E-state index is 5.70.